The number of pyridine rings is 1. The molecule has 34 heavy (non-hydrogen) atoms. The lowest BCUT2D eigenvalue weighted by Crippen LogP contribution is -2.32. The minimum Gasteiger partial charge on any atom is -0.496 e. The van der Waals surface area contributed by atoms with Gasteiger partial charge in [0.15, 0.2) is 5.65 Å². The summed E-state index contributed by atoms with van der Waals surface area (Å²) in [5.74, 6) is 0.194. The first-order chi connectivity index (χ1) is 16.5. The molecule has 0 saturated heterocycles. The lowest BCUT2D eigenvalue weighted by atomic mass is 10.1. The molecule has 0 radical (unpaired) electrons. The van der Waals surface area contributed by atoms with E-state index in [2.05, 4.69) is 15.4 Å². The van der Waals surface area contributed by atoms with Crippen molar-refractivity contribution in [3.8, 4) is 11.4 Å². The fraction of sp³-hybridized carbons (Fsp3) is 0.154. The zero-order chi connectivity index (χ0) is 23.8. The van der Waals surface area contributed by atoms with E-state index in [1.165, 1.54) is 0 Å². The summed E-state index contributed by atoms with van der Waals surface area (Å²) >= 11 is 0. The lowest BCUT2D eigenvalue weighted by Gasteiger charge is -2.21. The molecule has 0 bridgehead atoms. The Morgan fingerprint density at radius 1 is 1.09 bits per heavy atom. The maximum Gasteiger partial charge on any atom is 0.267 e. The Bertz CT molecular complexity index is 1590. The van der Waals surface area contributed by atoms with Gasteiger partial charge in [0.05, 0.1) is 24.2 Å². The second-order valence-electron chi connectivity index (χ2n) is 8.01. The number of para-hydroxylation sites is 1. The summed E-state index contributed by atoms with van der Waals surface area (Å²) in [6.45, 7) is 3.63. The predicted molar refractivity (Wildman–Crippen MR) is 130 cm³/mol. The first-order valence-electron chi connectivity index (χ1n) is 10.9. The lowest BCUT2D eigenvalue weighted by molar-refractivity contribution is 0.0939. The molecular weight excluding hydrogens is 430 g/mol. The Morgan fingerprint density at radius 2 is 1.88 bits per heavy atom. The number of carbonyl (C=O) groups is 1. The summed E-state index contributed by atoms with van der Waals surface area (Å²) in [6.07, 6.45) is 3.37. The minimum atomic E-state index is -0.492. The van der Waals surface area contributed by atoms with Gasteiger partial charge < -0.3 is 10.1 Å². The van der Waals surface area contributed by atoms with Crippen molar-refractivity contribution in [3.05, 3.63) is 100 Å². The van der Waals surface area contributed by atoms with E-state index in [0.717, 1.165) is 5.39 Å². The van der Waals surface area contributed by atoms with Gasteiger partial charge in [-0.15, -0.1) is 0 Å². The average Bonchev–Trinajstić information content (AvgIpc) is 3.19. The van der Waals surface area contributed by atoms with Crippen LogP contribution in [0.2, 0.25) is 0 Å². The third-order valence-electron chi connectivity index (χ3n) is 5.86. The summed E-state index contributed by atoms with van der Waals surface area (Å²) in [6, 6.07) is 18.0. The van der Waals surface area contributed by atoms with Crippen molar-refractivity contribution in [1.29, 1.82) is 0 Å². The summed E-state index contributed by atoms with van der Waals surface area (Å²) in [4.78, 5) is 31.3. The highest BCUT2D eigenvalue weighted by Gasteiger charge is 2.23. The molecular formula is C26H23N5O3. The molecule has 5 rings (SSSR count). The molecule has 1 atom stereocenters. The molecule has 0 aliphatic rings. The smallest absolute Gasteiger partial charge is 0.267 e. The van der Waals surface area contributed by atoms with Crippen LogP contribution >= 0.6 is 0 Å². The van der Waals surface area contributed by atoms with Crippen molar-refractivity contribution in [1.82, 2.24) is 24.5 Å². The highest BCUT2D eigenvalue weighted by molar-refractivity contribution is 6.01. The van der Waals surface area contributed by atoms with Crippen LogP contribution in [0, 0.1) is 6.92 Å². The van der Waals surface area contributed by atoms with E-state index in [1.807, 2.05) is 55.5 Å². The molecule has 3 heterocycles. The number of aryl methyl sites for hydroxylation is 1. The van der Waals surface area contributed by atoms with Gasteiger partial charge in [0, 0.05) is 23.8 Å². The SMILES string of the molecule is COc1cccc2cc([C@H](C)NC(=O)c3c(C)nn4cccnc34)n(-c3ccccc3)c(=O)c12. The van der Waals surface area contributed by atoms with Crippen molar-refractivity contribution in [3.63, 3.8) is 0 Å². The van der Waals surface area contributed by atoms with Crippen molar-refractivity contribution < 1.29 is 9.53 Å². The van der Waals surface area contributed by atoms with E-state index in [1.54, 1.807) is 47.6 Å². The third-order valence-corrected chi connectivity index (χ3v) is 5.86. The number of benzene rings is 2. The monoisotopic (exact) mass is 453 g/mol. The number of methoxy groups -OCH3 is 1. The molecule has 5 aromatic rings. The van der Waals surface area contributed by atoms with Crippen LogP contribution in [0.1, 0.15) is 34.7 Å². The van der Waals surface area contributed by atoms with Crippen LogP contribution in [0.15, 0.2) is 77.9 Å². The summed E-state index contributed by atoms with van der Waals surface area (Å²) in [5, 5.41) is 8.64. The summed E-state index contributed by atoms with van der Waals surface area (Å²) in [7, 11) is 1.55. The fourth-order valence-electron chi connectivity index (χ4n) is 4.29. The molecule has 0 saturated carbocycles. The average molecular weight is 454 g/mol. The van der Waals surface area contributed by atoms with Crippen molar-refractivity contribution in [2.45, 2.75) is 19.9 Å². The molecule has 8 heteroatoms. The van der Waals surface area contributed by atoms with Crippen LogP contribution in [-0.4, -0.2) is 32.2 Å². The van der Waals surface area contributed by atoms with E-state index in [9.17, 15) is 9.59 Å². The molecule has 0 aliphatic carbocycles. The van der Waals surface area contributed by atoms with Gasteiger partial charge in [0.1, 0.15) is 11.3 Å². The number of amides is 1. The van der Waals surface area contributed by atoms with Crippen LogP contribution in [-0.2, 0) is 0 Å². The first-order valence-corrected chi connectivity index (χ1v) is 10.9. The molecule has 1 N–H and O–H groups in total. The summed E-state index contributed by atoms with van der Waals surface area (Å²) in [5.41, 5.74) is 2.59. The van der Waals surface area contributed by atoms with Crippen molar-refractivity contribution >= 4 is 22.3 Å². The zero-order valence-electron chi connectivity index (χ0n) is 19.0. The number of rotatable bonds is 5. The minimum absolute atomic E-state index is 0.217. The fourth-order valence-corrected chi connectivity index (χ4v) is 4.29. The van der Waals surface area contributed by atoms with Gasteiger partial charge in [0.2, 0.25) is 0 Å². The molecule has 2 aromatic carbocycles. The van der Waals surface area contributed by atoms with Gasteiger partial charge in [-0.05, 0) is 49.6 Å². The maximum atomic E-state index is 13.7. The number of hydrogen-bond acceptors (Lipinski definition) is 5. The Morgan fingerprint density at radius 3 is 2.65 bits per heavy atom. The van der Waals surface area contributed by atoms with E-state index < -0.39 is 6.04 Å². The van der Waals surface area contributed by atoms with Gasteiger partial charge in [-0.1, -0.05) is 30.3 Å². The molecule has 8 nitrogen and oxygen atoms in total. The Kier molecular flexibility index (Phi) is 5.33. The Balaban J connectivity index is 1.64. The van der Waals surface area contributed by atoms with E-state index in [0.29, 0.717) is 39.4 Å². The third kappa shape index (κ3) is 3.49. The standard InChI is InChI=1S/C26H23N5O3/c1-16(28-25(32)22-17(2)29-30-14-8-13-27-24(22)30)20-15-18-9-7-12-21(34-3)23(18)26(33)31(20)19-10-5-4-6-11-19/h4-16H,1-3H3,(H,28,32)/t16-/m0/s1. The number of nitrogens with zero attached hydrogens (tertiary/aromatic N) is 4. The molecule has 3 aromatic heterocycles. The van der Waals surface area contributed by atoms with Gasteiger partial charge in [-0.25, -0.2) is 9.50 Å². The second kappa shape index (κ2) is 8.47. The number of carbonyl (C=O) groups excluding carboxylic acids is 1. The molecule has 0 aliphatic heterocycles. The maximum absolute atomic E-state index is 13.7. The number of aromatic nitrogens is 4. The van der Waals surface area contributed by atoms with Crippen molar-refractivity contribution in [2.75, 3.05) is 7.11 Å². The van der Waals surface area contributed by atoms with Crippen molar-refractivity contribution in [2.24, 2.45) is 0 Å². The quantitative estimate of drug-likeness (QED) is 0.437. The highest BCUT2D eigenvalue weighted by atomic mass is 16.5. The molecule has 0 unspecified atom stereocenters. The van der Waals surface area contributed by atoms with Gasteiger partial charge in [-0.3, -0.25) is 14.2 Å². The van der Waals surface area contributed by atoms with Crippen LogP contribution in [0.5, 0.6) is 5.75 Å². The van der Waals surface area contributed by atoms with Gasteiger partial charge in [0.25, 0.3) is 11.5 Å². The van der Waals surface area contributed by atoms with E-state index in [4.69, 9.17) is 4.74 Å². The van der Waals surface area contributed by atoms with Crippen LogP contribution in [0.4, 0.5) is 0 Å². The van der Waals surface area contributed by atoms with Gasteiger partial charge >= 0.3 is 0 Å². The van der Waals surface area contributed by atoms with Gasteiger partial charge in [-0.2, -0.15) is 5.10 Å². The normalized spacial score (nSPS) is 12.1. The highest BCUT2D eigenvalue weighted by Crippen LogP contribution is 2.27. The second-order valence-corrected chi connectivity index (χ2v) is 8.01. The molecule has 0 spiro atoms. The van der Waals surface area contributed by atoms with Crippen LogP contribution < -0.4 is 15.6 Å². The number of hydrogen-bond donors (Lipinski definition) is 1. The number of nitrogens with one attached hydrogen (secondary N) is 1. The molecule has 170 valence electrons. The Labute approximate surface area is 195 Å². The zero-order valence-corrected chi connectivity index (χ0v) is 19.0. The predicted octanol–water partition coefficient (Wildman–Crippen LogP) is 3.84. The summed E-state index contributed by atoms with van der Waals surface area (Å²) < 4.78 is 8.67. The largest absolute Gasteiger partial charge is 0.496 e. The first kappa shape index (κ1) is 21.4. The molecule has 1 amide bonds. The van der Waals surface area contributed by atoms with Crippen LogP contribution in [0.25, 0.3) is 22.1 Å². The molecule has 0 fully saturated rings. The number of ether oxygens (including phenoxy) is 1. The van der Waals surface area contributed by atoms with Crippen LogP contribution in [0.3, 0.4) is 0 Å². The van der Waals surface area contributed by atoms with E-state index >= 15 is 0 Å². The number of fused-ring (bicyclic) bond motifs is 2. The Hall–Kier alpha value is -4.46. The van der Waals surface area contributed by atoms with E-state index in [-0.39, 0.29) is 11.5 Å². The topological polar surface area (TPSA) is 90.5 Å².